The summed E-state index contributed by atoms with van der Waals surface area (Å²) in [5, 5.41) is 0. The highest BCUT2D eigenvalue weighted by atomic mass is 16.5. The number of carbonyl (C=O) groups excluding carboxylic acids is 1. The second-order valence-electron chi connectivity index (χ2n) is 5.43. The van der Waals surface area contributed by atoms with Gasteiger partial charge >= 0.3 is 0 Å². The maximum absolute atomic E-state index is 11.7. The zero-order valence-corrected chi connectivity index (χ0v) is 10.4. The van der Waals surface area contributed by atoms with Crippen molar-refractivity contribution in [3.63, 3.8) is 0 Å². The van der Waals surface area contributed by atoms with Crippen LogP contribution in [0.25, 0.3) is 0 Å². The van der Waals surface area contributed by atoms with Crippen molar-refractivity contribution < 1.29 is 9.53 Å². The first-order valence-electron chi connectivity index (χ1n) is 6.96. The molecule has 2 fully saturated rings. The highest BCUT2D eigenvalue weighted by Gasteiger charge is 2.33. The Morgan fingerprint density at radius 2 is 1.94 bits per heavy atom. The van der Waals surface area contributed by atoms with Crippen molar-refractivity contribution in [2.75, 3.05) is 0 Å². The van der Waals surface area contributed by atoms with Gasteiger partial charge in [-0.2, -0.15) is 0 Å². The summed E-state index contributed by atoms with van der Waals surface area (Å²) in [4.78, 5) is 11.7. The molecular formula is C14H24O2. The van der Waals surface area contributed by atoms with E-state index >= 15 is 0 Å². The molecular weight excluding hydrogens is 200 g/mol. The van der Waals surface area contributed by atoms with Crippen molar-refractivity contribution >= 4 is 5.78 Å². The van der Waals surface area contributed by atoms with Gasteiger partial charge in [0.2, 0.25) is 0 Å². The Labute approximate surface area is 98.7 Å². The Morgan fingerprint density at radius 1 is 1.19 bits per heavy atom. The molecule has 0 aromatic rings. The smallest absolute Gasteiger partial charge is 0.138 e. The van der Waals surface area contributed by atoms with Crippen LogP contribution in [0.2, 0.25) is 0 Å². The number of hydrogen-bond acceptors (Lipinski definition) is 2. The average Bonchev–Trinajstić information content (AvgIpc) is 2.30. The van der Waals surface area contributed by atoms with Crippen LogP contribution < -0.4 is 0 Å². The van der Waals surface area contributed by atoms with Gasteiger partial charge in [0.1, 0.15) is 5.78 Å². The molecule has 1 aliphatic heterocycles. The van der Waals surface area contributed by atoms with Gasteiger partial charge < -0.3 is 4.74 Å². The highest BCUT2D eigenvalue weighted by molar-refractivity contribution is 5.80. The summed E-state index contributed by atoms with van der Waals surface area (Å²) in [6, 6.07) is 0. The monoisotopic (exact) mass is 224 g/mol. The van der Waals surface area contributed by atoms with E-state index in [1.54, 1.807) is 0 Å². The first-order valence-corrected chi connectivity index (χ1v) is 6.96. The molecule has 2 atom stereocenters. The number of rotatable bonds is 3. The van der Waals surface area contributed by atoms with E-state index in [4.69, 9.17) is 4.74 Å². The maximum atomic E-state index is 11.7. The molecule has 0 N–H and O–H groups in total. The molecule has 0 aromatic carbocycles. The van der Waals surface area contributed by atoms with Crippen molar-refractivity contribution in [2.24, 2.45) is 5.92 Å². The Hall–Kier alpha value is -0.370. The predicted molar refractivity (Wildman–Crippen MR) is 64.4 cm³/mol. The van der Waals surface area contributed by atoms with E-state index in [1.165, 1.54) is 32.1 Å². The minimum Gasteiger partial charge on any atom is -0.374 e. The SMILES string of the molecule is CCC[C@H]1CC(=O)C[C@@H](C2CCCCC2)O1. The van der Waals surface area contributed by atoms with E-state index in [0.29, 0.717) is 24.5 Å². The van der Waals surface area contributed by atoms with Gasteiger partial charge in [0.15, 0.2) is 0 Å². The standard InChI is InChI=1S/C14H24O2/c1-2-6-13-9-12(15)10-14(16-13)11-7-4-3-5-8-11/h11,13-14H,2-10H2,1H3/t13-,14-/m0/s1. The van der Waals surface area contributed by atoms with E-state index < -0.39 is 0 Å². The number of ketones is 1. The second kappa shape index (κ2) is 5.81. The Kier molecular flexibility index (Phi) is 4.39. The van der Waals surface area contributed by atoms with E-state index in [0.717, 1.165) is 12.8 Å². The van der Waals surface area contributed by atoms with Crippen LogP contribution in [0.3, 0.4) is 0 Å². The van der Waals surface area contributed by atoms with Gasteiger partial charge in [-0.3, -0.25) is 4.79 Å². The molecule has 0 spiro atoms. The third-order valence-corrected chi connectivity index (χ3v) is 4.04. The number of Topliss-reactive ketones (excluding diaryl/α,β-unsaturated/α-hetero) is 1. The average molecular weight is 224 g/mol. The van der Waals surface area contributed by atoms with Crippen LogP contribution in [0.4, 0.5) is 0 Å². The summed E-state index contributed by atoms with van der Waals surface area (Å²) in [6.07, 6.45) is 10.6. The normalized spacial score (nSPS) is 32.9. The maximum Gasteiger partial charge on any atom is 0.138 e. The molecule has 2 heteroatoms. The summed E-state index contributed by atoms with van der Waals surface area (Å²) in [5.41, 5.74) is 0. The first kappa shape index (κ1) is 12.1. The highest BCUT2D eigenvalue weighted by Crippen LogP contribution is 2.33. The fourth-order valence-electron chi connectivity index (χ4n) is 3.18. The molecule has 0 bridgehead atoms. The van der Waals surface area contributed by atoms with Crippen LogP contribution in [0.15, 0.2) is 0 Å². The zero-order valence-electron chi connectivity index (χ0n) is 10.4. The number of ether oxygens (including phenoxy) is 1. The molecule has 1 saturated carbocycles. The second-order valence-corrected chi connectivity index (χ2v) is 5.43. The molecule has 1 saturated heterocycles. The van der Waals surface area contributed by atoms with Crippen molar-refractivity contribution in [2.45, 2.75) is 76.9 Å². The lowest BCUT2D eigenvalue weighted by Gasteiger charge is -2.36. The van der Waals surface area contributed by atoms with Crippen LogP contribution in [0, 0.1) is 5.92 Å². The molecule has 1 heterocycles. The van der Waals surface area contributed by atoms with Crippen molar-refractivity contribution in [1.29, 1.82) is 0 Å². The molecule has 0 unspecified atom stereocenters. The van der Waals surface area contributed by atoms with Crippen molar-refractivity contribution in [3.8, 4) is 0 Å². The summed E-state index contributed by atoms with van der Waals surface area (Å²) >= 11 is 0. The quantitative estimate of drug-likeness (QED) is 0.733. The van der Waals surface area contributed by atoms with Gasteiger partial charge in [-0.15, -0.1) is 0 Å². The zero-order chi connectivity index (χ0) is 11.4. The molecule has 0 amide bonds. The number of carbonyl (C=O) groups is 1. The van der Waals surface area contributed by atoms with Gasteiger partial charge in [0, 0.05) is 12.8 Å². The summed E-state index contributed by atoms with van der Waals surface area (Å²) in [6.45, 7) is 2.16. The molecule has 1 aliphatic carbocycles. The third kappa shape index (κ3) is 3.07. The van der Waals surface area contributed by atoms with E-state index in [1.807, 2.05) is 0 Å². The fourth-order valence-corrected chi connectivity index (χ4v) is 3.18. The minimum absolute atomic E-state index is 0.221. The molecule has 2 aliphatic rings. The van der Waals surface area contributed by atoms with Crippen LogP contribution in [-0.4, -0.2) is 18.0 Å². The van der Waals surface area contributed by atoms with Crippen molar-refractivity contribution in [1.82, 2.24) is 0 Å². The molecule has 2 rings (SSSR count). The third-order valence-electron chi connectivity index (χ3n) is 4.04. The first-order chi connectivity index (χ1) is 7.79. The number of hydrogen-bond donors (Lipinski definition) is 0. The van der Waals surface area contributed by atoms with Crippen LogP contribution in [0.5, 0.6) is 0 Å². The minimum atomic E-state index is 0.221. The predicted octanol–water partition coefficient (Wildman–Crippen LogP) is 3.48. The molecule has 0 radical (unpaired) electrons. The largest absolute Gasteiger partial charge is 0.374 e. The topological polar surface area (TPSA) is 26.3 Å². The lowest BCUT2D eigenvalue weighted by molar-refractivity contribution is -0.141. The van der Waals surface area contributed by atoms with Crippen molar-refractivity contribution in [3.05, 3.63) is 0 Å². The van der Waals surface area contributed by atoms with Gasteiger partial charge in [0.25, 0.3) is 0 Å². The fraction of sp³-hybridized carbons (Fsp3) is 0.929. The Balaban J connectivity index is 1.90. The molecule has 2 nitrogen and oxygen atoms in total. The van der Waals surface area contributed by atoms with Gasteiger partial charge in [-0.1, -0.05) is 32.6 Å². The van der Waals surface area contributed by atoms with Crippen LogP contribution in [0.1, 0.15) is 64.7 Å². The van der Waals surface area contributed by atoms with Crippen LogP contribution in [-0.2, 0) is 9.53 Å². The molecule has 16 heavy (non-hydrogen) atoms. The van der Waals surface area contributed by atoms with Gasteiger partial charge in [0.05, 0.1) is 12.2 Å². The molecule has 92 valence electrons. The van der Waals surface area contributed by atoms with Gasteiger partial charge in [-0.05, 0) is 25.2 Å². The Bertz CT molecular complexity index is 231. The lowest BCUT2D eigenvalue weighted by atomic mass is 9.82. The van der Waals surface area contributed by atoms with E-state index in [2.05, 4.69) is 6.92 Å². The van der Waals surface area contributed by atoms with Gasteiger partial charge in [-0.25, -0.2) is 0 Å². The summed E-state index contributed by atoms with van der Waals surface area (Å²) in [7, 11) is 0. The summed E-state index contributed by atoms with van der Waals surface area (Å²) in [5.74, 6) is 1.10. The summed E-state index contributed by atoms with van der Waals surface area (Å²) < 4.78 is 6.12. The Morgan fingerprint density at radius 3 is 2.62 bits per heavy atom. The van der Waals surface area contributed by atoms with Crippen LogP contribution >= 0.6 is 0 Å². The van der Waals surface area contributed by atoms with E-state index in [-0.39, 0.29) is 12.2 Å². The lowest BCUT2D eigenvalue weighted by Crippen LogP contribution is -2.38. The van der Waals surface area contributed by atoms with E-state index in [9.17, 15) is 4.79 Å². The molecule has 0 aromatic heterocycles.